The smallest absolute Gasteiger partial charge is 0.407 e. The van der Waals surface area contributed by atoms with E-state index in [4.69, 9.17) is 4.74 Å². The van der Waals surface area contributed by atoms with Crippen LogP contribution in [0.4, 0.5) is 10.5 Å². The summed E-state index contributed by atoms with van der Waals surface area (Å²) in [5.74, 6) is 0.156. The van der Waals surface area contributed by atoms with Gasteiger partial charge in [0, 0.05) is 25.3 Å². The van der Waals surface area contributed by atoms with Gasteiger partial charge in [0.2, 0.25) is 5.91 Å². The number of para-hydroxylation sites is 1. The predicted molar refractivity (Wildman–Crippen MR) is 198 cm³/mol. The summed E-state index contributed by atoms with van der Waals surface area (Å²) in [5.41, 5.74) is 3.87. The van der Waals surface area contributed by atoms with Crippen molar-refractivity contribution >= 4 is 29.4 Å². The van der Waals surface area contributed by atoms with Crippen LogP contribution in [0.15, 0.2) is 126 Å². The van der Waals surface area contributed by atoms with Gasteiger partial charge in [-0.2, -0.15) is 0 Å². The molecule has 5 rings (SSSR count). The van der Waals surface area contributed by atoms with Crippen LogP contribution >= 0.6 is 11.8 Å². The van der Waals surface area contributed by atoms with Crippen molar-refractivity contribution in [1.82, 2.24) is 14.7 Å². The molecule has 0 aliphatic carbocycles. The molecule has 2 N–H and O–H groups in total. The number of nitrogens with one attached hydrogen (secondary N) is 2. The van der Waals surface area contributed by atoms with Crippen LogP contribution in [0.25, 0.3) is 5.69 Å². The number of rotatable bonds is 12. The third-order valence-electron chi connectivity index (χ3n) is 8.30. The number of carbonyl (C=O) groups excluding carboxylic acids is 2. The second-order valence-electron chi connectivity index (χ2n) is 13.0. The Bertz CT molecular complexity index is 1800. The summed E-state index contributed by atoms with van der Waals surface area (Å²) >= 11 is 1.70. The normalized spacial score (nSPS) is 12.3. The molecule has 0 aliphatic heterocycles. The number of amides is 2. The van der Waals surface area contributed by atoms with Crippen molar-refractivity contribution in [3.63, 3.8) is 0 Å². The summed E-state index contributed by atoms with van der Waals surface area (Å²) in [6.45, 7) is 7.26. The van der Waals surface area contributed by atoms with E-state index in [0.29, 0.717) is 23.6 Å². The lowest BCUT2D eigenvalue weighted by Crippen LogP contribution is -2.42. The summed E-state index contributed by atoms with van der Waals surface area (Å²) in [7, 11) is 1.79. The van der Waals surface area contributed by atoms with Gasteiger partial charge in [0.25, 0.3) is 5.56 Å². The number of hydrogen-bond acceptors (Lipinski definition) is 5. The fourth-order valence-corrected chi connectivity index (χ4v) is 7.49. The average molecular weight is 677 g/mol. The second kappa shape index (κ2) is 15.5. The molecule has 254 valence electrons. The molecular weight excluding hydrogens is 633 g/mol. The largest absolute Gasteiger partial charge is 0.444 e. The summed E-state index contributed by atoms with van der Waals surface area (Å²) in [6, 6.07) is 39.9. The van der Waals surface area contributed by atoms with Crippen LogP contribution in [-0.2, 0) is 21.3 Å². The molecule has 0 bridgehead atoms. The number of carbonyl (C=O) groups is 2. The van der Waals surface area contributed by atoms with Crippen molar-refractivity contribution in [2.24, 2.45) is 7.05 Å². The third kappa shape index (κ3) is 8.35. The molecule has 1 aromatic heterocycles. The van der Waals surface area contributed by atoms with Crippen LogP contribution < -0.4 is 16.2 Å². The quantitative estimate of drug-likeness (QED) is 0.132. The predicted octanol–water partition coefficient (Wildman–Crippen LogP) is 7.82. The van der Waals surface area contributed by atoms with E-state index >= 15 is 0 Å². The first-order valence-electron chi connectivity index (χ1n) is 16.4. The molecule has 0 aliphatic rings. The van der Waals surface area contributed by atoms with Crippen LogP contribution in [0.2, 0.25) is 0 Å². The summed E-state index contributed by atoms with van der Waals surface area (Å²) < 4.78 is 8.29. The Morgan fingerprint density at radius 2 is 1.24 bits per heavy atom. The Hall–Kier alpha value is -5.02. The lowest BCUT2D eigenvalue weighted by atomic mass is 9.84. The number of benzene rings is 4. The van der Waals surface area contributed by atoms with Crippen LogP contribution in [0.3, 0.4) is 0 Å². The maximum absolute atomic E-state index is 13.4. The lowest BCUT2D eigenvalue weighted by molar-refractivity contribution is -0.116. The van der Waals surface area contributed by atoms with Gasteiger partial charge in [-0.15, -0.1) is 11.8 Å². The van der Waals surface area contributed by atoms with Crippen molar-refractivity contribution in [2.45, 2.75) is 56.9 Å². The highest BCUT2D eigenvalue weighted by Gasteiger charge is 2.38. The maximum atomic E-state index is 13.4. The van der Waals surface area contributed by atoms with E-state index in [1.807, 2.05) is 106 Å². The van der Waals surface area contributed by atoms with Gasteiger partial charge < -0.3 is 15.4 Å². The first kappa shape index (κ1) is 35.3. The van der Waals surface area contributed by atoms with E-state index in [9.17, 15) is 14.4 Å². The topological polar surface area (TPSA) is 94.4 Å². The molecule has 0 unspecified atom stereocenters. The van der Waals surface area contributed by atoms with E-state index in [1.165, 1.54) is 4.68 Å². The van der Waals surface area contributed by atoms with E-state index in [1.54, 1.807) is 30.4 Å². The fourth-order valence-electron chi connectivity index (χ4n) is 5.89. The Balaban J connectivity index is 1.42. The molecule has 1 atom stereocenters. The van der Waals surface area contributed by atoms with Crippen LogP contribution in [0.1, 0.15) is 56.0 Å². The van der Waals surface area contributed by atoms with Crippen molar-refractivity contribution in [3.05, 3.63) is 154 Å². The van der Waals surface area contributed by atoms with Gasteiger partial charge in [0.1, 0.15) is 11.3 Å². The zero-order valence-electron chi connectivity index (χ0n) is 28.7. The van der Waals surface area contributed by atoms with Gasteiger partial charge >= 0.3 is 6.09 Å². The summed E-state index contributed by atoms with van der Waals surface area (Å²) in [6.07, 6.45) is -0.145. The van der Waals surface area contributed by atoms with E-state index in [2.05, 4.69) is 47.0 Å². The number of anilines is 1. The number of thioether (sulfide) groups is 1. The highest BCUT2D eigenvalue weighted by atomic mass is 32.2. The fraction of sp³-hybridized carbons (Fsp3) is 0.275. The van der Waals surface area contributed by atoms with E-state index < -0.39 is 22.5 Å². The first-order valence-corrected chi connectivity index (χ1v) is 17.4. The van der Waals surface area contributed by atoms with Gasteiger partial charge in [-0.05, 0) is 62.9 Å². The monoisotopic (exact) mass is 676 g/mol. The molecule has 0 spiro atoms. The SMILES string of the molecule is Cc1c(NC(=O)CC[C@H](CSC(c2ccccc2)(c2ccccc2)c2ccccc2)NC(=O)OC(C)(C)C)c(=O)n(-c2ccccc2)n1C. The van der Waals surface area contributed by atoms with Crippen molar-refractivity contribution in [3.8, 4) is 5.69 Å². The zero-order chi connectivity index (χ0) is 35.0. The number of nitrogens with zero attached hydrogens (tertiary/aromatic N) is 2. The first-order chi connectivity index (χ1) is 23.5. The Labute approximate surface area is 292 Å². The van der Waals surface area contributed by atoms with Gasteiger partial charge in [0.15, 0.2) is 0 Å². The van der Waals surface area contributed by atoms with Gasteiger partial charge in [0.05, 0.1) is 16.1 Å². The van der Waals surface area contributed by atoms with E-state index in [-0.39, 0.29) is 23.6 Å². The lowest BCUT2D eigenvalue weighted by Gasteiger charge is -2.36. The number of hydrogen-bond donors (Lipinski definition) is 2. The summed E-state index contributed by atoms with van der Waals surface area (Å²) in [4.78, 5) is 40.0. The minimum absolute atomic E-state index is 0.0785. The highest BCUT2D eigenvalue weighted by Crippen LogP contribution is 2.48. The Morgan fingerprint density at radius 1 is 0.776 bits per heavy atom. The van der Waals surface area contributed by atoms with Crippen LogP contribution in [0.5, 0.6) is 0 Å². The molecule has 49 heavy (non-hydrogen) atoms. The molecule has 0 radical (unpaired) electrons. The van der Waals surface area contributed by atoms with Gasteiger partial charge in [-0.3, -0.25) is 14.3 Å². The molecule has 0 fully saturated rings. The number of aromatic nitrogens is 2. The van der Waals surface area contributed by atoms with Gasteiger partial charge in [-0.1, -0.05) is 109 Å². The molecular formula is C40H44N4O4S. The highest BCUT2D eigenvalue weighted by molar-refractivity contribution is 8.00. The number of ether oxygens (including phenoxy) is 1. The van der Waals surface area contributed by atoms with Gasteiger partial charge in [-0.25, -0.2) is 9.48 Å². The van der Waals surface area contributed by atoms with E-state index in [0.717, 1.165) is 16.7 Å². The molecule has 2 amide bonds. The third-order valence-corrected chi connectivity index (χ3v) is 10.0. The zero-order valence-corrected chi connectivity index (χ0v) is 29.5. The second-order valence-corrected chi connectivity index (χ2v) is 14.2. The molecule has 9 heteroatoms. The minimum Gasteiger partial charge on any atom is -0.444 e. The van der Waals surface area contributed by atoms with Crippen molar-refractivity contribution < 1.29 is 14.3 Å². The van der Waals surface area contributed by atoms with Crippen LogP contribution in [0, 0.1) is 6.92 Å². The molecule has 1 heterocycles. The molecule has 8 nitrogen and oxygen atoms in total. The molecule has 0 saturated heterocycles. The summed E-state index contributed by atoms with van der Waals surface area (Å²) in [5, 5.41) is 5.91. The maximum Gasteiger partial charge on any atom is 0.407 e. The Morgan fingerprint density at radius 3 is 1.71 bits per heavy atom. The molecule has 5 aromatic rings. The minimum atomic E-state index is -0.690. The Kier molecular flexibility index (Phi) is 11.1. The van der Waals surface area contributed by atoms with Crippen LogP contribution in [-0.4, -0.2) is 38.8 Å². The van der Waals surface area contributed by atoms with Crippen molar-refractivity contribution in [1.29, 1.82) is 0 Å². The molecule has 0 saturated carbocycles. The molecule has 4 aromatic carbocycles. The standard InChI is InChI=1S/C40H44N4O4S/c1-29-36(37(46)44(43(29)5)34-24-16-9-17-25-34)42-35(45)27-26-33(41-38(47)48-39(2,3)4)28-49-40(30-18-10-6-11-19-30,31-20-12-7-13-21-31)32-22-14-8-15-23-32/h6-25,33H,26-28H2,1-5H3,(H,41,47)(H,42,45)/t33-/m1/s1. The van der Waals surface area contributed by atoms with Crippen molar-refractivity contribution in [2.75, 3.05) is 11.1 Å². The number of alkyl carbamates (subject to hydrolysis) is 1. The average Bonchev–Trinajstić information content (AvgIpc) is 3.30.